The van der Waals surface area contributed by atoms with E-state index in [0.717, 1.165) is 16.8 Å². The number of pyridine rings is 1. The minimum Gasteiger partial charge on any atom is -0.489 e. The summed E-state index contributed by atoms with van der Waals surface area (Å²) in [6.07, 6.45) is -1.12. The monoisotopic (exact) mass is 465 g/mol. The molecule has 0 saturated heterocycles. The molecule has 0 bridgehead atoms. The van der Waals surface area contributed by atoms with Crippen LogP contribution in [0.3, 0.4) is 0 Å². The van der Waals surface area contributed by atoms with Gasteiger partial charge in [-0.3, -0.25) is 4.98 Å². The Hall–Kier alpha value is -3.29. The molecule has 0 spiro atoms. The number of ether oxygens (including phenoxy) is 1. The molecule has 0 saturated carbocycles. The SMILES string of the molecule is Cc1cc(COc2ccc(S(=O)(=O)CC(O)c3ccccc3C)cc2)c2cc(F)ccc2n1. The van der Waals surface area contributed by atoms with Gasteiger partial charge in [-0.15, -0.1) is 0 Å². The van der Waals surface area contributed by atoms with Gasteiger partial charge in [0.2, 0.25) is 0 Å². The van der Waals surface area contributed by atoms with E-state index in [-0.39, 0.29) is 17.3 Å². The second-order valence-corrected chi connectivity index (χ2v) is 10.0. The fourth-order valence-corrected chi connectivity index (χ4v) is 5.13. The molecule has 33 heavy (non-hydrogen) atoms. The van der Waals surface area contributed by atoms with Crippen molar-refractivity contribution in [3.8, 4) is 5.75 Å². The molecule has 170 valence electrons. The summed E-state index contributed by atoms with van der Waals surface area (Å²) in [6, 6.07) is 19.5. The fourth-order valence-electron chi connectivity index (χ4n) is 3.79. The zero-order chi connectivity index (χ0) is 23.6. The van der Waals surface area contributed by atoms with Gasteiger partial charge in [0.1, 0.15) is 18.2 Å². The summed E-state index contributed by atoms with van der Waals surface area (Å²) in [6.45, 7) is 3.87. The molecular weight excluding hydrogens is 441 g/mol. The Morgan fingerprint density at radius 1 is 1.00 bits per heavy atom. The van der Waals surface area contributed by atoms with E-state index >= 15 is 0 Å². The lowest BCUT2D eigenvalue weighted by atomic mass is 10.1. The molecule has 0 fully saturated rings. The highest BCUT2D eigenvalue weighted by molar-refractivity contribution is 7.91. The molecule has 1 heterocycles. The number of halogens is 1. The van der Waals surface area contributed by atoms with E-state index in [4.69, 9.17) is 4.74 Å². The minimum absolute atomic E-state index is 0.106. The number of aliphatic hydroxyl groups excluding tert-OH is 1. The average Bonchev–Trinajstić information content (AvgIpc) is 2.78. The number of nitrogens with zero attached hydrogens (tertiary/aromatic N) is 1. The van der Waals surface area contributed by atoms with E-state index in [1.165, 1.54) is 24.3 Å². The lowest BCUT2D eigenvalue weighted by Crippen LogP contribution is -2.15. The number of aliphatic hydroxyl groups is 1. The number of fused-ring (bicyclic) bond motifs is 1. The van der Waals surface area contributed by atoms with Gasteiger partial charge in [0.25, 0.3) is 0 Å². The third-order valence-electron chi connectivity index (χ3n) is 5.49. The van der Waals surface area contributed by atoms with Crippen LogP contribution in [0.15, 0.2) is 77.7 Å². The molecule has 0 radical (unpaired) electrons. The van der Waals surface area contributed by atoms with E-state index < -0.39 is 21.7 Å². The van der Waals surface area contributed by atoms with Gasteiger partial charge in [-0.25, -0.2) is 12.8 Å². The summed E-state index contributed by atoms with van der Waals surface area (Å²) in [5, 5.41) is 11.1. The van der Waals surface area contributed by atoms with Gasteiger partial charge in [0, 0.05) is 16.6 Å². The van der Waals surface area contributed by atoms with Crippen molar-refractivity contribution in [2.45, 2.75) is 31.5 Å². The fraction of sp³-hybridized carbons (Fsp3) is 0.192. The predicted octanol–water partition coefficient (Wildman–Crippen LogP) is 5.08. The van der Waals surface area contributed by atoms with Crippen LogP contribution in [-0.4, -0.2) is 24.3 Å². The Balaban J connectivity index is 1.48. The molecule has 5 nitrogen and oxygen atoms in total. The van der Waals surface area contributed by atoms with Crippen LogP contribution in [0.25, 0.3) is 10.9 Å². The molecule has 0 aliphatic rings. The van der Waals surface area contributed by atoms with Crippen molar-refractivity contribution in [2.75, 3.05) is 5.75 Å². The van der Waals surface area contributed by atoms with Crippen molar-refractivity contribution >= 4 is 20.7 Å². The molecule has 3 aromatic carbocycles. The first kappa shape index (κ1) is 22.9. The average molecular weight is 466 g/mol. The van der Waals surface area contributed by atoms with Crippen molar-refractivity contribution in [1.29, 1.82) is 0 Å². The van der Waals surface area contributed by atoms with E-state index in [9.17, 15) is 17.9 Å². The summed E-state index contributed by atoms with van der Waals surface area (Å²) in [5.41, 5.74) is 3.69. The number of aryl methyl sites for hydroxylation is 2. The second kappa shape index (κ2) is 9.29. The third kappa shape index (κ3) is 5.21. The molecule has 1 unspecified atom stereocenters. The first-order valence-electron chi connectivity index (χ1n) is 10.5. The number of aromatic nitrogens is 1. The molecule has 0 aliphatic carbocycles. The summed E-state index contributed by atoms with van der Waals surface area (Å²) in [4.78, 5) is 4.52. The number of hydrogen-bond donors (Lipinski definition) is 1. The zero-order valence-electron chi connectivity index (χ0n) is 18.3. The highest BCUT2D eigenvalue weighted by atomic mass is 32.2. The Morgan fingerprint density at radius 2 is 1.73 bits per heavy atom. The van der Waals surface area contributed by atoms with E-state index in [1.54, 1.807) is 30.3 Å². The summed E-state index contributed by atoms with van der Waals surface area (Å²) in [7, 11) is -3.70. The maximum Gasteiger partial charge on any atom is 0.181 e. The van der Waals surface area contributed by atoms with Crippen LogP contribution >= 0.6 is 0 Å². The van der Waals surface area contributed by atoms with Crippen molar-refractivity contribution in [2.24, 2.45) is 0 Å². The molecule has 0 aliphatic heterocycles. The molecule has 4 rings (SSSR count). The van der Waals surface area contributed by atoms with Crippen LogP contribution in [0.5, 0.6) is 5.75 Å². The second-order valence-electron chi connectivity index (χ2n) is 8.00. The van der Waals surface area contributed by atoms with E-state index in [2.05, 4.69) is 4.98 Å². The molecule has 1 aromatic heterocycles. The third-order valence-corrected chi connectivity index (χ3v) is 7.23. The van der Waals surface area contributed by atoms with Crippen LogP contribution in [0.4, 0.5) is 4.39 Å². The van der Waals surface area contributed by atoms with Crippen LogP contribution in [0.1, 0.15) is 28.5 Å². The number of hydrogen-bond acceptors (Lipinski definition) is 5. The van der Waals surface area contributed by atoms with Gasteiger partial charge < -0.3 is 9.84 Å². The summed E-state index contributed by atoms with van der Waals surface area (Å²) in [5.74, 6) is -0.282. The molecule has 4 aromatic rings. The molecular formula is C26H24FNO4S. The standard InChI is InChI=1S/C26H24FNO4S/c1-17-5-3-4-6-23(17)26(29)16-33(30,31)22-10-8-21(9-11-22)32-15-19-13-18(2)28-25-12-7-20(27)14-24(19)25/h3-14,26,29H,15-16H2,1-2H3. The normalized spacial score (nSPS) is 12.6. The van der Waals surface area contributed by atoms with Crippen LogP contribution < -0.4 is 4.74 Å². The Labute approximate surface area is 192 Å². The van der Waals surface area contributed by atoms with Crippen molar-refractivity contribution in [3.63, 3.8) is 0 Å². The topological polar surface area (TPSA) is 76.5 Å². The maximum absolute atomic E-state index is 13.7. The Morgan fingerprint density at radius 3 is 2.45 bits per heavy atom. The van der Waals surface area contributed by atoms with Crippen LogP contribution in [0.2, 0.25) is 0 Å². The quantitative estimate of drug-likeness (QED) is 0.412. The molecule has 7 heteroatoms. The molecule has 0 amide bonds. The Kier molecular flexibility index (Phi) is 6.44. The minimum atomic E-state index is -3.70. The van der Waals surface area contributed by atoms with Crippen molar-refractivity contribution in [1.82, 2.24) is 4.98 Å². The first-order valence-corrected chi connectivity index (χ1v) is 12.1. The molecule has 1 atom stereocenters. The number of rotatable bonds is 7. The summed E-state index contributed by atoms with van der Waals surface area (Å²) < 4.78 is 45.1. The van der Waals surface area contributed by atoms with E-state index in [1.807, 2.05) is 32.0 Å². The zero-order valence-corrected chi connectivity index (χ0v) is 19.1. The highest BCUT2D eigenvalue weighted by Crippen LogP contribution is 2.25. The van der Waals surface area contributed by atoms with Gasteiger partial charge in [0.15, 0.2) is 9.84 Å². The Bertz CT molecular complexity index is 1400. The van der Waals surface area contributed by atoms with Crippen molar-refractivity contribution < 1.29 is 22.7 Å². The predicted molar refractivity (Wildman–Crippen MR) is 125 cm³/mol. The number of sulfone groups is 1. The maximum atomic E-state index is 13.7. The highest BCUT2D eigenvalue weighted by Gasteiger charge is 2.22. The summed E-state index contributed by atoms with van der Waals surface area (Å²) >= 11 is 0. The van der Waals surface area contributed by atoms with Gasteiger partial charge in [-0.1, -0.05) is 24.3 Å². The number of benzene rings is 3. The van der Waals surface area contributed by atoms with Gasteiger partial charge in [-0.2, -0.15) is 0 Å². The van der Waals surface area contributed by atoms with E-state index in [0.29, 0.717) is 22.2 Å². The first-order chi connectivity index (χ1) is 15.7. The van der Waals surface area contributed by atoms with Gasteiger partial charge >= 0.3 is 0 Å². The largest absolute Gasteiger partial charge is 0.489 e. The molecule has 1 N–H and O–H groups in total. The lowest BCUT2D eigenvalue weighted by Gasteiger charge is -2.14. The van der Waals surface area contributed by atoms with Gasteiger partial charge in [-0.05, 0) is 73.5 Å². The van der Waals surface area contributed by atoms with Gasteiger partial charge in [0.05, 0.1) is 22.3 Å². The van der Waals surface area contributed by atoms with Crippen molar-refractivity contribution in [3.05, 3.63) is 101 Å². The lowest BCUT2D eigenvalue weighted by molar-refractivity contribution is 0.201. The van der Waals surface area contributed by atoms with Crippen LogP contribution in [0, 0.1) is 19.7 Å². The van der Waals surface area contributed by atoms with Crippen LogP contribution in [-0.2, 0) is 16.4 Å². The smallest absolute Gasteiger partial charge is 0.181 e.